The van der Waals surface area contributed by atoms with E-state index in [1.54, 1.807) is 36.1 Å². The van der Waals surface area contributed by atoms with E-state index < -0.39 is 0 Å². The van der Waals surface area contributed by atoms with Crippen LogP contribution in [0.25, 0.3) is 0 Å². The molecule has 0 N–H and O–H groups in total. The van der Waals surface area contributed by atoms with E-state index >= 15 is 0 Å². The number of aromatic nitrogens is 2. The van der Waals surface area contributed by atoms with Crippen molar-refractivity contribution in [1.82, 2.24) is 9.78 Å². The number of rotatable bonds is 3. The Balaban J connectivity index is 2.27. The number of Topliss-reactive ketones (excluding diaryl/α,β-unsaturated/α-hetero) is 1. The zero-order valence-electron chi connectivity index (χ0n) is 10.1. The molecule has 0 radical (unpaired) electrons. The van der Waals surface area contributed by atoms with E-state index in [1.807, 2.05) is 6.92 Å². The summed E-state index contributed by atoms with van der Waals surface area (Å²) in [6.07, 6.45) is 1.81. The highest BCUT2D eigenvalue weighted by molar-refractivity contribution is 6.42. The van der Waals surface area contributed by atoms with Crippen LogP contribution in [-0.2, 0) is 13.5 Å². The first-order chi connectivity index (χ1) is 8.50. The molecule has 2 rings (SSSR count). The van der Waals surface area contributed by atoms with Gasteiger partial charge in [-0.05, 0) is 18.6 Å². The minimum Gasteiger partial charge on any atom is -0.294 e. The van der Waals surface area contributed by atoms with Gasteiger partial charge in [-0.1, -0.05) is 35.3 Å². The Labute approximate surface area is 115 Å². The van der Waals surface area contributed by atoms with Crippen molar-refractivity contribution in [3.63, 3.8) is 0 Å². The maximum absolute atomic E-state index is 12.2. The minimum atomic E-state index is -0.00948. The summed E-state index contributed by atoms with van der Waals surface area (Å²) in [7, 11) is 1.80. The second-order valence-electron chi connectivity index (χ2n) is 4.08. The maximum atomic E-state index is 12.2. The van der Waals surface area contributed by atoms with Crippen LogP contribution in [0, 0.1) is 6.92 Å². The molecule has 0 fully saturated rings. The number of carbonyl (C=O) groups is 1. The van der Waals surface area contributed by atoms with Gasteiger partial charge in [0.1, 0.15) is 0 Å². The number of ketones is 1. The average molecular weight is 283 g/mol. The van der Waals surface area contributed by atoms with Crippen molar-refractivity contribution in [1.29, 1.82) is 0 Å². The van der Waals surface area contributed by atoms with Crippen LogP contribution in [0.1, 0.15) is 21.6 Å². The van der Waals surface area contributed by atoms with Gasteiger partial charge in [0.05, 0.1) is 21.8 Å². The Morgan fingerprint density at radius 1 is 1.39 bits per heavy atom. The third kappa shape index (κ3) is 2.42. The third-order valence-corrected chi connectivity index (χ3v) is 3.78. The monoisotopic (exact) mass is 282 g/mol. The number of hydrogen-bond donors (Lipinski definition) is 0. The fraction of sp³-hybridized carbons (Fsp3) is 0.231. The second kappa shape index (κ2) is 5.12. The molecule has 0 aliphatic rings. The molecular formula is C13H12Cl2N2O. The van der Waals surface area contributed by atoms with E-state index in [-0.39, 0.29) is 12.2 Å². The molecule has 0 aliphatic heterocycles. The van der Waals surface area contributed by atoms with Gasteiger partial charge in [0, 0.05) is 19.2 Å². The number of nitrogens with zero attached hydrogens (tertiary/aromatic N) is 2. The molecule has 1 heterocycles. The standard InChI is InChI=1S/C13H12Cl2N2O/c1-8-10(7-16-17(8)2)12(18)6-9-4-3-5-11(14)13(9)15/h3-5,7H,6H2,1-2H3. The maximum Gasteiger partial charge on any atom is 0.170 e. The molecule has 0 saturated carbocycles. The molecule has 0 unspecified atom stereocenters. The van der Waals surface area contributed by atoms with E-state index in [0.717, 1.165) is 11.3 Å². The first kappa shape index (κ1) is 13.1. The summed E-state index contributed by atoms with van der Waals surface area (Å²) in [4.78, 5) is 12.2. The zero-order chi connectivity index (χ0) is 13.3. The lowest BCUT2D eigenvalue weighted by atomic mass is 10.0. The lowest BCUT2D eigenvalue weighted by Crippen LogP contribution is -2.06. The summed E-state index contributed by atoms with van der Waals surface area (Å²) < 4.78 is 1.67. The van der Waals surface area contributed by atoms with Gasteiger partial charge in [0.2, 0.25) is 0 Å². The Morgan fingerprint density at radius 3 is 2.72 bits per heavy atom. The number of benzene rings is 1. The lowest BCUT2D eigenvalue weighted by molar-refractivity contribution is 0.0992. The molecule has 5 heteroatoms. The summed E-state index contributed by atoms with van der Waals surface area (Å²) >= 11 is 12.0. The Kier molecular flexibility index (Phi) is 3.73. The highest BCUT2D eigenvalue weighted by Gasteiger charge is 2.15. The first-order valence-corrected chi connectivity index (χ1v) is 6.21. The van der Waals surface area contributed by atoms with E-state index in [9.17, 15) is 4.79 Å². The molecule has 0 saturated heterocycles. The van der Waals surface area contributed by atoms with Gasteiger partial charge in [0.25, 0.3) is 0 Å². The van der Waals surface area contributed by atoms with Crippen molar-refractivity contribution >= 4 is 29.0 Å². The molecule has 1 aromatic carbocycles. The van der Waals surface area contributed by atoms with Gasteiger partial charge in [-0.15, -0.1) is 0 Å². The van der Waals surface area contributed by atoms with Gasteiger partial charge in [-0.25, -0.2) is 0 Å². The molecule has 0 aliphatic carbocycles. The van der Waals surface area contributed by atoms with E-state index in [0.29, 0.717) is 15.6 Å². The van der Waals surface area contributed by atoms with Crippen LogP contribution in [0.2, 0.25) is 10.0 Å². The Bertz CT molecular complexity index is 605. The van der Waals surface area contributed by atoms with Crippen molar-refractivity contribution in [2.24, 2.45) is 7.05 Å². The lowest BCUT2D eigenvalue weighted by Gasteiger charge is -2.05. The van der Waals surface area contributed by atoms with Crippen molar-refractivity contribution in [3.05, 3.63) is 51.3 Å². The van der Waals surface area contributed by atoms with Crippen molar-refractivity contribution in [2.45, 2.75) is 13.3 Å². The second-order valence-corrected chi connectivity index (χ2v) is 4.87. The third-order valence-electron chi connectivity index (χ3n) is 2.92. The van der Waals surface area contributed by atoms with Crippen molar-refractivity contribution in [3.8, 4) is 0 Å². The predicted octanol–water partition coefficient (Wildman–Crippen LogP) is 3.46. The summed E-state index contributed by atoms with van der Waals surface area (Å²) in [6.45, 7) is 1.86. The highest BCUT2D eigenvalue weighted by atomic mass is 35.5. The van der Waals surface area contributed by atoms with Crippen LogP contribution in [0.4, 0.5) is 0 Å². The topological polar surface area (TPSA) is 34.9 Å². The summed E-state index contributed by atoms with van der Waals surface area (Å²) in [5.41, 5.74) is 2.20. The molecule has 3 nitrogen and oxygen atoms in total. The largest absolute Gasteiger partial charge is 0.294 e. The Morgan fingerprint density at radius 2 is 2.11 bits per heavy atom. The van der Waals surface area contributed by atoms with Crippen LogP contribution in [-0.4, -0.2) is 15.6 Å². The van der Waals surface area contributed by atoms with Crippen LogP contribution in [0.3, 0.4) is 0 Å². The number of carbonyl (C=O) groups excluding carboxylic acids is 1. The molecule has 2 aromatic rings. The van der Waals surface area contributed by atoms with Gasteiger partial charge in [0.15, 0.2) is 5.78 Å². The molecule has 0 bridgehead atoms. The van der Waals surface area contributed by atoms with Gasteiger partial charge in [-0.3, -0.25) is 9.48 Å². The molecule has 0 spiro atoms. The summed E-state index contributed by atoms with van der Waals surface area (Å²) in [6, 6.07) is 5.29. The molecule has 94 valence electrons. The van der Waals surface area contributed by atoms with Gasteiger partial charge < -0.3 is 0 Å². The van der Waals surface area contributed by atoms with E-state index in [1.165, 1.54) is 0 Å². The van der Waals surface area contributed by atoms with Crippen molar-refractivity contribution < 1.29 is 4.79 Å². The summed E-state index contributed by atoms with van der Waals surface area (Å²) in [5, 5.41) is 4.96. The molecule has 0 atom stereocenters. The molecular weight excluding hydrogens is 271 g/mol. The fourth-order valence-electron chi connectivity index (χ4n) is 1.73. The van der Waals surface area contributed by atoms with Crippen LogP contribution in [0.5, 0.6) is 0 Å². The number of halogens is 2. The van der Waals surface area contributed by atoms with Gasteiger partial charge in [-0.2, -0.15) is 5.10 Å². The molecule has 18 heavy (non-hydrogen) atoms. The van der Waals surface area contributed by atoms with Crippen molar-refractivity contribution in [2.75, 3.05) is 0 Å². The predicted molar refractivity (Wildman–Crippen MR) is 72.4 cm³/mol. The summed E-state index contributed by atoms with van der Waals surface area (Å²) in [5.74, 6) is -0.00948. The molecule has 0 amide bonds. The fourth-order valence-corrected chi connectivity index (χ4v) is 2.11. The SMILES string of the molecule is Cc1c(C(=O)Cc2cccc(Cl)c2Cl)cnn1C. The van der Waals surface area contributed by atoms with Gasteiger partial charge >= 0.3 is 0 Å². The van der Waals surface area contributed by atoms with Crippen LogP contribution < -0.4 is 0 Å². The highest BCUT2D eigenvalue weighted by Crippen LogP contribution is 2.26. The average Bonchev–Trinajstić information content (AvgIpc) is 2.66. The quantitative estimate of drug-likeness (QED) is 0.808. The number of hydrogen-bond acceptors (Lipinski definition) is 2. The van der Waals surface area contributed by atoms with Crippen LogP contribution in [0.15, 0.2) is 24.4 Å². The van der Waals surface area contributed by atoms with E-state index in [4.69, 9.17) is 23.2 Å². The zero-order valence-corrected chi connectivity index (χ0v) is 11.6. The smallest absolute Gasteiger partial charge is 0.170 e. The number of aryl methyl sites for hydroxylation is 1. The molecule has 1 aromatic heterocycles. The van der Waals surface area contributed by atoms with E-state index in [2.05, 4.69) is 5.10 Å². The van der Waals surface area contributed by atoms with Crippen LogP contribution >= 0.6 is 23.2 Å². The Hall–Kier alpha value is -1.32. The normalized spacial score (nSPS) is 10.7. The first-order valence-electron chi connectivity index (χ1n) is 5.45. The minimum absolute atomic E-state index is 0.00948.